The molecule has 2 N–H and O–H groups in total. The van der Waals surface area contributed by atoms with Gasteiger partial charge in [-0.2, -0.15) is 0 Å². The second-order valence-corrected chi connectivity index (χ2v) is 7.05. The van der Waals surface area contributed by atoms with Gasteiger partial charge in [-0.25, -0.2) is 9.13 Å². The normalized spacial score (nSPS) is 10.6. The zero-order valence-corrected chi connectivity index (χ0v) is 18.7. The van der Waals surface area contributed by atoms with Crippen molar-refractivity contribution in [2.24, 2.45) is 0 Å². The fraction of sp³-hybridized carbons (Fsp3) is 0.200. The SMILES string of the molecule is CCOc1cc(=O)n(C(=O)c2ccc(C(=O)n3c(=O)cc(OCC)[nH]c3=S)cc2)c(=S)[nH]1. The topological polar surface area (TPSA) is 128 Å². The average Bonchev–Trinajstić information content (AvgIpc) is 2.73. The minimum atomic E-state index is -0.686. The zero-order valence-electron chi connectivity index (χ0n) is 17.0. The zero-order chi connectivity index (χ0) is 23.4. The molecule has 0 aliphatic carbocycles. The van der Waals surface area contributed by atoms with Crippen molar-refractivity contribution in [1.82, 2.24) is 19.1 Å². The molecule has 0 aliphatic rings. The highest BCUT2D eigenvalue weighted by atomic mass is 32.1. The van der Waals surface area contributed by atoms with Crippen molar-refractivity contribution >= 4 is 36.3 Å². The van der Waals surface area contributed by atoms with Crippen LogP contribution < -0.4 is 20.6 Å². The van der Waals surface area contributed by atoms with Gasteiger partial charge in [-0.1, -0.05) is 0 Å². The molecule has 0 fully saturated rings. The lowest BCUT2D eigenvalue weighted by Crippen LogP contribution is -2.29. The molecule has 2 heterocycles. The highest BCUT2D eigenvalue weighted by molar-refractivity contribution is 7.71. The molecular weight excluding hydrogens is 456 g/mol. The monoisotopic (exact) mass is 474 g/mol. The van der Waals surface area contributed by atoms with Crippen LogP contribution in [0.25, 0.3) is 0 Å². The fourth-order valence-corrected chi connectivity index (χ4v) is 3.36. The smallest absolute Gasteiger partial charge is 0.267 e. The number of aromatic amines is 2. The van der Waals surface area contributed by atoms with Gasteiger partial charge in [0.25, 0.3) is 22.9 Å². The van der Waals surface area contributed by atoms with E-state index in [4.69, 9.17) is 33.9 Å². The van der Waals surface area contributed by atoms with Crippen LogP contribution in [0.3, 0.4) is 0 Å². The number of aromatic nitrogens is 4. The molecule has 0 saturated heterocycles. The molecule has 0 atom stereocenters. The summed E-state index contributed by atoms with van der Waals surface area (Å²) in [5.41, 5.74) is -1.10. The lowest BCUT2D eigenvalue weighted by Gasteiger charge is -2.09. The largest absolute Gasteiger partial charge is 0.479 e. The van der Waals surface area contributed by atoms with Gasteiger partial charge in [-0.15, -0.1) is 0 Å². The van der Waals surface area contributed by atoms with Gasteiger partial charge < -0.3 is 19.4 Å². The average molecular weight is 475 g/mol. The van der Waals surface area contributed by atoms with Crippen molar-refractivity contribution in [3.05, 3.63) is 77.8 Å². The van der Waals surface area contributed by atoms with Gasteiger partial charge in [-0.3, -0.25) is 19.2 Å². The van der Waals surface area contributed by atoms with Crippen molar-refractivity contribution in [2.75, 3.05) is 13.2 Å². The van der Waals surface area contributed by atoms with Gasteiger partial charge in [0.15, 0.2) is 21.3 Å². The first-order valence-electron chi connectivity index (χ1n) is 9.44. The van der Waals surface area contributed by atoms with E-state index in [-0.39, 0.29) is 32.4 Å². The lowest BCUT2D eigenvalue weighted by atomic mass is 10.1. The van der Waals surface area contributed by atoms with Crippen molar-refractivity contribution in [3.63, 3.8) is 0 Å². The number of hydrogen-bond acceptors (Lipinski definition) is 8. The van der Waals surface area contributed by atoms with Crippen LogP contribution in [0.4, 0.5) is 0 Å². The van der Waals surface area contributed by atoms with Gasteiger partial charge in [0, 0.05) is 11.1 Å². The van der Waals surface area contributed by atoms with Crippen LogP contribution in [-0.2, 0) is 0 Å². The molecule has 12 heteroatoms. The Balaban J connectivity index is 1.92. The molecular formula is C20H18N4O6S2. The molecule has 3 rings (SSSR count). The first kappa shape index (κ1) is 23.0. The van der Waals surface area contributed by atoms with Crippen LogP contribution in [-0.4, -0.2) is 44.1 Å². The molecule has 0 spiro atoms. The predicted molar refractivity (Wildman–Crippen MR) is 120 cm³/mol. The standard InChI is InChI=1S/C20H18N4O6S2/c1-3-29-13-9-15(25)23(19(31)21-13)17(27)11-5-7-12(8-6-11)18(28)24-16(26)10-14(30-4-2)22-20(24)32/h5-10H,3-4H2,1-2H3,(H,21,31)(H,22,32). The van der Waals surface area contributed by atoms with Crippen molar-refractivity contribution in [2.45, 2.75) is 13.8 Å². The van der Waals surface area contributed by atoms with Crippen LogP contribution in [0.5, 0.6) is 11.8 Å². The van der Waals surface area contributed by atoms with Crippen LogP contribution >= 0.6 is 24.4 Å². The number of rotatable bonds is 6. The summed E-state index contributed by atoms with van der Waals surface area (Å²) in [6.07, 6.45) is 0. The first-order chi connectivity index (χ1) is 15.3. The molecule has 166 valence electrons. The molecule has 0 bridgehead atoms. The molecule has 2 aromatic heterocycles. The van der Waals surface area contributed by atoms with E-state index in [0.717, 1.165) is 21.3 Å². The van der Waals surface area contributed by atoms with E-state index in [0.29, 0.717) is 13.2 Å². The van der Waals surface area contributed by atoms with Crippen LogP contribution in [0.15, 0.2) is 46.0 Å². The summed E-state index contributed by atoms with van der Waals surface area (Å²) in [4.78, 5) is 55.5. The van der Waals surface area contributed by atoms with E-state index in [2.05, 4.69) is 9.97 Å². The number of carbonyl (C=O) groups excluding carboxylic acids is 2. The second-order valence-electron chi connectivity index (χ2n) is 6.28. The molecule has 10 nitrogen and oxygen atoms in total. The number of benzene rings is 1. The summed E-state index contributed by atoms with van der Waals surface area (Å²) in [6, 6.07) is 7.63. The third kappa shape index (κ3) is 4.65. The van der Waals surface area contributed by atoms with Crippen LogP contribution in [0.2, 0.25) is 0 Å². The van der Waals surface area contributed by atoms with E-state index < -0.39 is 22.9 Å². The summed E-state index contributed by atoms with van der Waals surface area (Å²) in [5.74, 6) is -1.06. The molecule has 1 aromatic carbocycles. The Morgan fingerprint density at radius 1 is 0.781 bits per heavy atom. The molecule has 0 aliphatic heterocycles. The van der Waals surface area contributed by atoms with Crippen molar-refractivity contribution < 1.29 is 19.1 Å². The van der Waals surface area contributed by atoms with Gasteiger partial charge in [0.2, 0.25) is 0 Å². The van der Waals surface area contributed by atoms with Gasteiger partial charge in [0.05, 0.1) is 25.3 Å². The van der Waals surface area contributed by atoms with E-state index >= 15 is 0 Å². The Morgan fingerprint density at radius 2 is 1.12 bits per heavy atom. The summed E-state index contributed by atoms with van der Waals surface area (Å²) in [5, 5.41) is 0. The first-order valence-corrected chi connectivity index (χ1v) is 10.3. The minimum Gasteiger partial charge on any atom is -0.479 e. The molecule has 0 amide bonds. The van der Waals surface area contributed by atoms with Gasteiger partial charge >= 0.3 is 0 Å². The number of H-pyrrole nitrogens is 2. The Labute approximate surface area is 191 Å². The van der Waals surface area contributed by atoms with Gasteiger partial charge in [-0.05, 0) is 62.5 Å². The van der Waals surface area contributed by atoms with Crippen molar-refractivity contribution in [3.8, 4) is 11.8 Å². The maximum Gasteiger partial charge on any atom is 0.267 e. The summed E-state index contributed by atoms with van der Waals surface area (Å²) < 4.78 is 11.7. The number of ether oxygens (including phenoxy) is 2. The third-order valence-corrected chi connectivity index (χ3v) is 4.77. The predicted octanol–water partition coefficient (Wildman–Crippen LogP) is 2.30. The second kappa shape index (κ2) is 9.66. The van der Waals surface area contributed by atoms with Crippen LogP contribution in [0.1, 0.15) is 34.6 Å². The summed E-state index contributed by atoms with van der Waals surface area (Å²) in [7, 11) is 0. The lowest BCUT2D eigenvalue weighted by molar-refractivity contribution is 0.0940. The maximum absolute atomic E-state index is 12.8. The number of nitrogens with one attached hydrogen (secondary N) is 2. The Bertz CT molecular complexity index is 1240. The Morgan fingerprint density at radius 3 is 1.41 bits per heavy atom. The van der Waals surface area contributed by atoms with Crippen LogP contribution in [0, 0.1) is 9.54 Å². The molecule has 3 aromatic rings. The summed E-state index contributed by atoms with van der Waals surface area (Å²) in [6.45, 7) is 4.12. The minimum absolute atomic E-state index is 0.108. The highest BCUT2D eigenvalue weighted by Gasteiger charge is 2.17. The fourth-order valence-electron chi connectivity index (χ4n) is 2.81. The van der Waals surface area contributed by atoms with Gasteiger partial charge in [0.1, 0.15) is 0 Å². The Kier molecular flexibility index (Phi) is 6.95. The highest BCUT2D eigenvalue weighted by Crippen LogP contribution is 2.10. The number of hydrogen-bond donors (Lipinski definition) is 2. The summed E-state index contributed by atoms with van der Waals surface area (Å²) >= 11 is 10.2. The maximum atomic E-state index is 12.8. The third-order valence-electron chi connectivity index (χ3n) is 4.20. The molecule has 0 radical (unpaired) electrons. The Hall–Kier alpha value is -3.64. The van der Waals surface area contributed by atoms with Crippen molar-refractivity contribution in [1.29, 1.82) is 0 Å². The molecule has 32 heavy (non-hydrogen) atoms. The molecule has 0 unspecified atom stereocenters. The van der Waals surface area contributed by atoms with E-state index in [1.165, 1.54) is 24.3 Å². The van der Waals surface area contributed by atoms with E-state index in [1.54, 1.807) is 13.8 Å². The molecule has 0 saturated carbocycles. The van der Waals surface area contributed by atoms with E-state index in [9.17, 15) is 19.2 Å². The quantitative estimate of drug-likeness (QED) is 0.521. The number of nitrogens with zero attached hydrogens (tertiary/aromatic N) is 2. The van der Waals surface area contributed by atoms with E-state index in [1.807, 2.05) is 0 Å². The number of carbonyl (C=O) groups is 2.